The van der Waals surface area contributed by atoms with Gasteiger partial charge in [-0.25, -0.2) is 4.39 Å². The first-order valence-electron chi connectivity index (χ1n) is 7.07. The number of hydrazine groups is 1. The van der Waals surface area contributed by atoms with Gasteiger partial charge in [-0.1, -0.05) is 29.8 Å². The molecule has 2 aromatic carbocycles. The molecule has 0 aliphatic rings. The van der Waals surface area contributed by atoms with Crippen LogP contribution in [0.3, 0.4) is 0 Å². The van der Waals surface area contributed by atoms with E-state index in [1.54, 1.807) is 18.2 Å². The third kappa shape index (κ3) is 4.78. The fourth-order valence-electron chi connectivity index (χ4n) is 2.04. The molecule has 0 spiro atoms. The van der Waals surface area contributed by atoms with Crippen LogP contribution in [0.1, 0.15) is 27.0 Å². The van der Waals surface area contributed by atoms with Crippen molar-refractivity contribution in [1.29, 1.82) is 0 Å². The van der Waals surface area contributed by atoms with E-state index in [4.69, 9.17) is 0 Å². The van der Waals surface area contributed by atoms with Crippen LogP contribution >= 0.6 is 0 Å². The maximum absolute atomic E-state index is 12.8. The highest BCUT2D eigenvalue weighted by Crippen LogP contribution is 2.10. The van der Waals surface area contributed by atoms with Gasteiger partial charge in [0.15, 0.2) is 0 Å². The number of benzene rings is 2. The Morgan fingerprint density at radius 3 is 2.35 bits per heavy atom. The average Bonchev–Trinajstić information content (AvgIpc) is 2.52. The lowest BCUT2D eigenvalue weighted by Crippen LogP contribution is -2.41. The molecule has 0 heterocycles. The zero-order valence-corrected chi connectivity index (χ0v) is 12.9. The van der Waals surface area contributed by atoms with E-state index < -0.39 is 5.91 Å². The van der Waals surface area contributed by atoms with Crippen LogP contribution in [0.25, 0.3) is 6.08 Å². The van der Waals surface area contributed by atoms with Gasteiger partial charge < -0.3 is 0 Å². The fraction of sp³-hybridized carbons (Fsp3) is 0.111. The van der Waals surface area contributed by atoms with E-state index in [-0.39, 0.29) is 11.7 Å². The molecule has 0 bridgehead atoms. The molecule has 2 N–H and O–H groups in total. The minimum atomic E-state index is -0.479. The number of nitrogens with one attached hydrogen (secondary N) is 2. The Labute approximate surface area is 134 Å². The van der Waals surface area contributed by atoms with Crippen LogP contribution in [0.4, 0.5) is 4.39 Å². The molecule has 0 aromatic heterocycles. The zero-order chi connectivity index (χ0) is 16.8. The van der Waals surface area contributed by atoms with E-state index in [1.165, 1.54) is 24.3 Å². The highest BCUT2D eigenvalue weighted by Gasteiger charge is 2.09. The number of carbonyl (C=O) groups is 2. The summed E-state index contributed by atoms with van der Waals surface area (Å²) in [6, 6.07) is 11.1. The van der Waals surface area contributed by atoms with Crippen molar-refractivity contribution in [1.82, 2.24) is 10.9 Å². The van der Waals surface area contributed by atoms with Crippen molar-refractivity contribution >= 4 is 17.9 Å². The minimum absolute atomic E-state index is 0.340. The van der Waals surface area contributed by atoms with E-state index in [1.807, 2.05) is 26.0 Å². The van der Waals surface area contributed by atoms with Gasteiger partial charge in [0.25, 0.3) is 11.8 Å². The highest BCUT2D eigenvalue weighted by atomic mass is 19.1. The van der Waals surface area contributed by atoms with Crippen LogP contribution < -0.4 is 10.9 Å². The molecule has 5 heteroatoms. The smallest absolute Gasteiger partial charge is 0.268 e. The lowest BCUT2D eigenvalue weighted by Gasteiger charge is -2.08. The molecule has 2 aromatic rings. The van der Waals surface area contributed by atoms with Gasteiger partial charge >= 0.3 is 0 Å². The molecular weight excluding hydrogens is 295 g/mol. The lowest BCUT2D eigenvalue weighted by molar-refractivity contribution is -0.117. The molecule has 0 radical (unpaired) electrons. The summed E-state index contributed by atoms with van der Waals surface area (Å²) in [4.78, 5) is 23.7. The SMILES string of the molecule is Cc1ccc(C(=O)NNC(=O)/C=C/c2ccc(F)cc2)c(C)c1. The van der Waals surface area contributed by atoms with Gasteiger partial charge in [0.1, 0.15) is 5.82 Å². The van der Waals surface area contributed by atoms with E-state index in [2.05, 4.69) is 10.9 Å². The molecule has 0 unspecified atom stereocenters. The third-order valence-electron chi connectivity index (χ3n) is 3.22. The number of rotatable bonds is 3. The second kappa shape index (κ2) is 7.35. The van der Waals surface area contributed by atoms with E-state index in [9.17, 15) is 14.0 Å². The standard InChI is InChI=1S/C18H17FN2O2/c1-12-3-9-16(13(2)11-12)18(23)21-20-17(22)10-6-14-4-7-15(19)8-5-14/h3-11H,1-2H3,(H,20,22)(H,21,23)/b10-6+. The molecule has 2 rings (SSSR count). The first kappa shape index (κ1) is 16.4. The van der Waals surface area contributed by atoms with Crippen molar-refractivity contribution in [2.75, 3.05) is 0 Å². The summed E-state index contributed by atoms with van der Waals surface area (Å²) in [6.45, 7) is 3.77. The summed E-state index contributed by atoms with van der Waals surface area (Å²) in [6.07, 6.45) is 2.79. The summed E-state index contributed by atoms with van der Waals surface area (Å²) < 4.78 is 12.8. The van der Waals surface area contributed by atoms with Gasteiger partial charge in [-0.2, -0.15) is 0 Å². The van der Waals surface area contributed by atoms with Gasteiger partial charge in [-0.05, 0) is 49.2 Å². The Balaban J connectivity index is 1.91. The molecule has 0 saturated carbocycles. The lowest BCUT2D eigenvalue weighted by atomic mass is 10.1. The maximum Gasteiger partial charge on any atom is 0.269 e. The molecule has 0 aliphatic carbocycles. The Morgan fingerprint density at radius 1 is 1.00 bits per heavy atom. The summed E-state index contributed by atoms with van der Waals surface area (Å²) >= 11 is 0. The molecule has 0 aliphatic heterocycles. The van der Waals surface area contributed by atoms with Gasteiger partial charge in [0, 0.05) is 11.6 Å². The summed E-state index contributed by atoms with van der Waals surface area (Å²) in [5.41, 5.74) is 7.73. The Kier molecular flexibility index (Phi) is 5.25. The van der Waals surface area contributed by atoms with E-state index >= 15 is 0 Å². The second-order valence-electron chi connectivity index (χ2n) is 5.15. The summed E-state index contributed by atoms with van der Waals surface area (Å²) in [5, 5.41) is 0. The van der Waals surface area contributed by atoms with Crippen molar-refractivity contribution in [3.8, 4) is 0 Å². The Morgan fingerprint density at radius 2 is 1.70 bits per heavy atom. The molecule has 2 amide bonds. The molecule has 0 fully saturated rings. The largest absolute Gasteiger partial charge is 0.269 e. The van der Waals surface area contributed by atoms with Gasteiger partial charge in [0.2, 0.25) is 0 Å². The first-order chi connectivity index (χ1) is 11.0. The van der Waals surface area contributed by atoms with E-state index in [0.717, 1.165) is 11.1 Å². The molecule has 0 saturated heterocycles. The van der Waals surface area contributed by atoms with Crippen molar-refractivity contribution in [2.45, 2.75) is 13.8 Å². The number of aryl methyl sites for hydroxylation is 2. The summed E-state index contributed by atoms with van der Waals surface area (Å²) in [5.74, 6) is -1.20. The number of hydrogen-bond donors (Lipinski definition) is 2. The van der Waals surface area contributed by atoms with Crippen LogP contribution in [0.15, 0.2) is 48.5 Å². The monoisotopic (exact) mass is 312 g/mol. The minimum Gasteiger partial charge on any atom is -0.268 e. The maximum atomic E-state index is 12.8. The average molecular weight is 312 g/mol. The molecule has 23 heavy (non-hydrogen) atoms. The predicted molar refractivity (Wildman–Crippen MR) is 87.0 cm³/mol. The van der Waals surface area contributed by atoms with Crippen molar-refractivity contribution in [2.24, 2.45) is 0 Å². The van der Waals surface area contributed by atoms with Crippen molar-refractivity contribution in [3.05, 3.63) is 76.6 Å². The topological polar surface area (TPSA) is 58.2 Å². The molecule has 0 atom stereocenters. The van der Waals surface area contributed by atoms with E-state index in [0.29, 0.717) is 11.1 Å². The Bertz CT molecular complexity index is 752. The van der Waals surface area contributed by atoms with Gasteiger partial charge in [0.05, 0.1) is 0 Å². The second-order valence-corrected chi connectivity index (χ2v) is 5.15. The zero-order valence-electron chi connectivity index (χ0n) is 12.9. The Hall–Kier alpha value is -2.95. The molecule has 4 nitrogen and oxygen atoms in total. The van der Waals surface area contributed by atoms with Crippen LogP contribution in [0, 0.1) is 19.7 Å². The molecular formula is C18H17FN2O2. The van der Waals surface area contributed by atoms with Crippen molar-refractivity contribution in [3.63, 3.8) is 0 Å². The predicted octanol–water partition coefficient (Wildman–Crippen LogP) is 2.92. The number of hydrogen-bond acceptors (Lipinski definition) is 2. The first-order valence-corrected chi connectivity index (χ1v) is 7.07. The number of halogens is 1. The van der Waals surface area contributed by atoms with Crippen LogP contribution in [0.5, 0.6) is 0 Å². The van der Waals surface area contributed by atoms with Gasteiger partial charge in [-0.15, -0.1) is 0 Å². The van der Waals surface area contributed by atoms with Crippen LogP contribution in [0.2, 0.25) is 0 Å². The number of carbonyl (C=O) groups excluding carboxylic acids is 2. The quantitative estimate of drug-likeness (QED) is 0.676. The third-order valence-corrected chi connectivity index (χ3v) is 3.22. The highest BCUT2D eigenvalue weighted by molar-refractivity contribution is 5.98. The van der Waals surface area contributed by atoms with Crippen LogP contribution in [-0.4, -0.2) is 11.8 Å². The number of amides is 2. The normalized spacial score (nSPS) is 10.6. The van der Waals surface area contributed by atoms with Crippen LogP contribution in [-0.2, 0) is 4.79 Å². The fourth-order valence-corrected chi connectivity index (χ4v) is 2.04. The molecule has 118 valence electrons. The summed E-state index contributed by atoms with van der Waals surface area (Å²) in [7, 11) is 0. The van der Waals surface area contributed by atoms with Crippen molar-refractivity contribution < 1.29 is 14.0 Å². The van der Waals surface area contributed by atoms with Gasteiger partial charge in [-0.3, -0.25) is 20.4 Å².